The van der Waals surface area contributed by atoms with Crippen LogP contribution >= 0.6 is 0 Å². The number of methoxy groups -OCH3 is 1. The molecule has 3 aliphatic rings. The van der Waals surface area contributed by atoms with Crippen molar-refractivity contribution >= 4 is 11.6 Å². The minimum Gasteiger partial charge on any atom is -0.496 e. The fourth-order valence-corrected chi connectivity index (χ4v) is 5.55. The third-order valence-corrected chi connectivity index (χ3v) is 7.69. The molecule has 0 aromatic heterocycles. The van der Waals surface area contributed by atoms with Crippen molar-refractivity contribution in [1.82, 2.24) is 10.2 Å². The van der Waals surface area contributed by atoms with E-state index in [1.165, 1.54) is 5.56 Å². The van der Waals surface area contributed by atoms with E-state index in [1.807, 2.05) is 36.4 Å². The largest absolute Gasteiger partial charge is 0.496 e. The summed E-state index contributed by atoms with van der Waals surface area (Å²) >= 11 is 0. The number of piperidine rings is 1. The number of hydrogen-bond donors (Lipinski definition) is 1. The van der Waals surface area contributed by atoms with Gasteiger partial charge in [-0.2, -0.15) is 0 Å². The Hall–Kier alpha value is -2.61. The van der Waals surface area contributed by atoms with Crippen molar-refractivity contribution in [2.24, 2.45) is 0 Å². The average Bonchev–Trinajstić information content (AvgIpc) is 3.32. The first-order valence-electron chi connectivity index (χ1n) is 12.9. The van der Waals surface area contributed by atoms with Crippen LogP contribution in [0, 0.1) is 0 Å². The van der Waals surface area contributed by atoms with Gasteiger partial charge in [0.25, 0.3) is 5.91 Å². The number of likely N-dealkylation sites (tertiary alicyclic amines) is 1. The molecule has 0 bridgehead atoms. The minimum atomic E-state index is -0.0352. The summed E-state index contributed by atoms with van der Waals surface area (Å²) in [4.78, 5) is 17.5. The molecule has 1 N–H and O–H groups in total. The molecule has 1 atom stereocenters. The van der Waals surface area contributed by atoms with E-state index in [0.717, 1.165) is 83.1 Å². The number of ether oxygens (including phenoxy) is 3. The quantitative estimate of drug-likeness (QED) is 0.656. The molecule has 0 aliphatic carbocycles. The van der Waals surface area contributed by atoms with Crippen LogP contribution in [0.1, 0.15) is 41.6 Å². The zero-order valence-corrected chi connectivity index (χ0v) is 20.7. The first-order chi connectivity index (χ1) is 17.1. The Morgan fingerprint density at radius 1 is 1.03 bits per heavy atom. The molecule has 5 rings (SSSR count). The Morgan fingerprint density at radius 2 is 1.77 bits per heavy atom. The second kappa shape index (κ2) is 11.0. The van der Waals surface area contributed by atoms with Crippen molar-refractivity contribution in [1.29, 1.82) is 0 Å². The lowest BCUT2D eigenvalue weighted by molar-refractivity contribution is -0.0765. The molecule has 7 nitrogen and oxygen atoms in total. The number of anilines is 1. The maximum atomic E-state index is 12.7. The molecule has 2 aromatic carbocycles. The van der Waals surface area contributed by atoms with E-state index < -0.39 is 0 Å². The van der Waals surface area contributed by atoms with Crippen LogP contribution in [0.5, 0.6) is 5.75 Å². The highest BCUT2D eigenvalue weighted by Crippen LogP contribution is 2.39. The van der Waals surface area contributed by atoms with Crippen molar-refractivity contribution < 1.29 is 19.0 Å². The standard InChI is InChI=1S/C28H37N3O4/c1-33-26-5-3-2-4-23(26)21-30-14-12-28(13-15-30)11-10-25(35-28)20-29-27(32)22-6-8-24(9-7-22)31-16-18-34-19-17-31/h2-9,25H,10-21H2,1H3,(H,29,32). The first-order valence-corrected chi connectivity index (χ1v) is 12.9. The van der Waals surface area contributed by atoms with Crippen LogP contribution in [0.4, 0.5) is 5.69 Å². The van der Waals surface area contributed by atoms with Crippen LogP contribution in [0.3, 0.4) is 0 Å². The normalized spacial score (nSPS) is 22.3. The molecular weight excluding hydrogens is 442 g/mol. The molecule has 1 unspecified atom stereocenters. The van der Waals surface area contributed by atoms with Crippen molar-refractivity contribution in [3.63, 3.8) is 0 Å². The maximum Gasteiger partial charge on any atom is 0.251 e. The second-order valence-corrected chi connectivity index (χ2v) is 9.91. The Kier molecular flexibility index (Phi) is 7.56. The van der Waals surface area contributed by atoms with Crippen LogP contribution in [-0.4, -0.2) is 75.6 Å². The number of para-hydroxylation sites is 1. The number of rotatable bonds is 7. The Labute approximate surface area is 208 Å². The van der Waals surface area contributed by atoms with Gasteiger partial charge < -0.3 is 24.4 Å². The molecule has 3 aliphatic heterocycles. The van der Waals surface area contributed by atoms with E-state index in [1.54, 1.807) is 7.11 Å². The number of carbonyl (C=O) groups is 1. The van der Waals surface area contributed by atoms with Crippen LogP contribution in [0.15, 0.2) is 48.5 Å². The van der Waals surface area contributed by atoms with E-state index in [2.05, 4.69) is 27.2 Å². The van der Waals surface area contributed by atoms with Crippen molar-refractivity contribution in [3.8, 4) is 5.75 Å². The van der Waals surface area contributed by atoms with Gasteiger partial charge in [0.1, 0.15) is 5.75 Å². The topological polar surface area (TPSA) is 63.3 Å². The van der Waals surface area contributed by atoms with Gasteiger partial charge in [0.2, 0.25) is 0 Å². The Balaban J connectivity index is 1.07. The zero-order chi connectivity index (χ0) is 24.1. The molecule has 3 fully saturated rings. The van der Waals surface area contributed by atoms with Crippen LogP contribution in [0.2, 0.25) is 0 Å². The fraction of sp³-hybridized carbons (Fsp3) is 0.536. The van der Waals surface area contributed by atoms with Crippen molar-refractivity contribution in [2.75, 3.05) is 57.9 Å². The molecule has 7 heteroatoms. The van der Waals surface area contributed by atoms with Crippen molar-refractivity contribution in [3.05, 3.63) is 59.7 Å². The van der Waals surface area contributed by atoms with E-state index >= 15 is 0 Å². The van der Waals surface area contributed by atoms with E-state index in [4.69, 9.17) is 14.2 Å². The third-order valence-electron chi connectivity index (χ3n) is 7.69. The number of nitrogens with zero attached hydrogens (tertiary/aromatic N) is 2. The SMILES string of the molecule is COc1ccccc1CN1CCC2(CCC(CNC(=O)c3ccc(N4CCOCC4)cc3)O2)CC1. The van der Waals surface area contributed by atoms with Gasteiger partial charge in [-0.15, -0.1) is 0 Å². The van der Waals surface area contributed by atoms with Gasteiger partial charge in [-0.1, -0.05) is 18.2 Å². The Bertz CT molecular complexity index is 982. The number of morpholine rings is 1. The summed E-state index contributed by atoms with van der Waals surface area (Å²) in [6.07, 6.45) is 4.24. The minimum absolute atomic E-state index is 0.0327. The summed E-state index contributed by atoms with van der Waals surface area (Å²) in [5, 5.41) is 3.09. The summed E-state index contributed by atoms with van der Waals surface area (Å²) in [5.74, 6) is 0.922. The maximum absolute atomic E-state index is 12.7. The van der Waals surface area contributed by atoms with Gasteiger partial charge in [0.15, 0.2) is 0 Å². The number of carbonyl (C=O) groups excluding carboxylic acids is 1. The monoisotopic (exact) mass is 479 g/mol. The van der Waals surface area contributed by atoms with Gasteiger partial charge in [0, 0.05) is 56.1 Å². The molecule has 0 saturated carbocycles. The lowest BCUT2D eigenvalue weighted by Gasteiger charge is -2.39. The summed E-state index contributed by atoms with van der Waals surface area (Å²) in [6.45, 7) is 6.81. The molecule has 0 radical (unpaired) electrons. The Morgan fingerprint density at radius 3 is 2.51 bits per heavy atom. The van der Waals surface area contributed by atoms with Gasteiger partial charge in [-0.3, -0.25) is 9.69 Å². The van der Waals surface area contributed by atoms with Crippen LogP contribution in [0.25, 0.3) is 0 Å². The van der Waals surface area contributed by atoms with E-state index in [0.29, 0.717) is 12.1 Å². The fourth-order valence-electron chi connectivity index (χ4n) is 5.55. The molecular formula is C28H37N3O4. The molecule has 1 spiro atoms. The second-order valence-electron chi connectivity index (χ2n) is 9.91. The summed E-state index contributed by atoms with van der Waals surface area (Å²) in [6, 6.07) is 16.1. The highest BCUT2D eigenvalue weighted by molar-refractivity contribution is 5.94. The van der Waals surface area contributed by atoms with Gasteiger partial charge in [-0.25, -0.2) is 0 Å². The molecule has 3 heterocycles. The number of nitrogens with one attached hydrogen (secondary N) is 1. The molecule has 35 heavy (non-hydrogen) atoms. The molecule has 188 valence electrons. The lowest BCUT2D eigenvalue weighted by Crippen LogP contribution is -2.44. The van der Waals surface area contributed by atoms with Crippen LogP contribution in [-0.2, 0) is 16.0 Å². The number of hydrogen-bond acceptors (Lipinski definition) is 6. The average molecular weight is 480 g/mol. The smallest absolute Gasteiger partial charge is 0.251 e. The molecule has 3 saturated heterocycles. The predicted octanol–water partition coefficient (Wildman–Crippen LogP) is 3.48. The molecule has 1 amide bonds. The first kappa shape index (κ1) is 24.1. The van der Waals surface area contributed by atoms with E-state index in [9.17, 15) is 4.79 Å². The lowest BCUT2D eigenvalue weighted by atomic mass is 9.88. The van der Waals surface area contributed by atoms with E-state index in [-0.39, 0.29) is 17.6 Å². The van der Waals surface area contributed by atoms with Crippen LogP contribution < -0.4 is 15.0 Å². The third kappa shape index (κ3) is 5.80. The summed E-state index contributed by atoms with van der Waals surface area (Å²) in [7, 11) is 1.73. The van der Waals surface area contributed by atoms with Gasteiger partial charge >= 0.3 is 0 Å². The summed E-state index contributed by atoms with van der Waals surface area (Å²) in [5.41, 5.74) is 3.03. The van der Waals surface area contributed by atoms with Gasteiger partial charge in [-0.05, 0) is 56.0 Å². The summed E-state index contributed by atoms with van der Waals surface area (Å²) < 4.78 is 17.5. The number of amides is 1. The zero-order valence-electron chi connectivity index (χ0n) is 20.7. The number of benzene rings is 2. The predicted molar refractivity (Wildman–Crippen MR) is 136 cm³/mol. The molecule has 2 aromatic rings. The van der Waals surface area contributed by atoms with Crippen molar-refractivity contribution in [2.45, 2.75) is 43.9 Å². The highest BCUT2D eigenvalue weighted by Gasteiger charge is 2.42. The van der Waals surface area contributed by atoms with Gasteiger partial charge in [0.05, 0.1) is 32.0 Å². The highest BCUT2D eigenvalue weighted by atomic mass is 16.5.